The van der Waals surface area contributed by atoms with Gasteiger partial charge in [0.25, 0.3) is 0 Å². The van der Waals surface area contributed by atoms with Gasteiger partial charge in [0, 0.05) is 6.20 Å². The van der Waals surface area contributed by atoms with E-state index in [0.717, 1.165) is 5.56 Å². The van der Waals surface area contributed by atoms with Crippen LogP contribution in [0.25, 0.3) is 0 Å². The van der Waals surface area contributed by atoms with Crippen LogP contribution in [0.2, 0.25) is 0 Å². The molecule has 1 heterocycles. The van der Waals surface area contributed by atoms with Crippen LogP contribution in [0.15, 0.2) is 18.3 Å². The molecule has 0 aromatic carbocycles. The van der Waals surface area contributed by atoms with Crippen LogP contribution in [-0.4, -0.2) is 24.1 Å². The van der Waals surface area contributed by atoms with Crippen LogP contribution in [0.3, 0.4) is 0 Å². The van der Waals surface area contributed by atoms with E-state index in [2.05, 4.69) is 15.0 Å². The van der Waals surface area contributed by atoms with Gasteiger partial charge in [-0.05, 0) is 25.5 Å². The van der Waals surface area contributed by atoms with E-state index in [1.165, 1.54) is 7.11 Å². The number of rotatable bonds is 3. The van der Waals surface area contributed by atoms with Crippen molar-refractivity contribution in [2.24, 2.45) is 0 Å². The number of anilines is 1. The summed E-state index contributed by atoms with van der Waals surface area (Å²) in [4.78, 5) is 15.2. The molecule has 14 heavy (non-hydrogen) atoms. The smallest absolute Gasteiger partial charge is 0.328 e. The van der Waals surface area contributed by atoms with Gasteiger partial charge in [-0.2, -0.15) is 0 Å². The maximum Gasteiger partial charge on any atom is 0.328 e. The molecule has 0 spiro atoms. The van der Waals surface area contributed by atoms with E-state index in [1.807, 2.05) is 19.1 Å². The average Bonchev–Trinajstić information content (AvgIpc) is 2.20. The number of aryl methyl sites for hydroxylation is 1. The van der Waals surface area contributed by atoms with Gasteiger partial charge in [-0.15, -0.1) is 0 Å². The van der Waals surface area contributed by atoms with Crippen molar-refractivity contribution in [1.82, 2.24) is 4.98 Å². The summed E-state index contributed by atoms with van der Waals surface area (Å²) in [5, 5.41) is 2.98. The molecule has 0 bridgehead atoms. The maximum atomic E-state index is 11.1. The fourth-order valence-electron chi connectivity index (χ4n) is 1.08. The standard InChI is InChI=1S/C10H14N2O2/c1-7-5-4-6-11-9(7)12-8(2)10(13)14-3/h4-6,8H,1-3H3,(H,11,12). The minimum absolute atomic E-state index is 0.296. The number of carbonyl (C=O) groups excluding carboxylic acids is 1. The summed E-state index contributed by atoms with van der Waals surface area (Å²) >= 11 is 0. The van der Waals surface area contributed by atoms with Crippen LogP contribution in [0, 0.1) is 6.92 Å². The van der Waals surface area contributed by atoms with Crippen molar-refractivity contribution in [2.75, 3.05) is 12.4 Å². The molecule has 0 fully saturated rings. The average molecular weight is 194 g/mol. The van der Waals surface area contributed by atoms with Crippen molar-refractivity contribution in [1.29, 1.82) is 0 Å². The van der Waals surface area contributed by atoms with Gasteiger partial charge in [0.15, 0.2) is 0 Å². The molecule has 1 rings (SSSR count). The maximum absolute atomic E-state index is 11.1. The van der Waals surface area contributed by atoms with Crippen LogP contribution in [0.1, 0.15) is 12.5 Å². The zero-order valence-electron chi connectivity index (χ0n) is 8.57. The van der Waals surface area contributed by atoms with Gasteiger partial charge in [-0.1, -0.05) is 6.07 Å². The molecule has 1 unspecified atom stereocenters. The zero-order chi connectivity index (χ0) is 10.6. The number of nitrogens with one attached hydrogen (secondary N) is 1. The van der Waals surface area contributed by atoms with Gasteiger partial charge in [0.2, 0.25) is 0 Å². The Morgan fingerprint density at radius 1 is 1.64 bits per heavy atom. The molecule has 0 aliphatic rings. The normalized spacial score (nSPS) is 11.9. The first-order valence-corrected chi connectivity index (χ1v) is 4.41. The molecule has 0 aliphatic carbocycles. The summed E-state index contributed by atoms with van der Waals surface area (Å²) in [6, 6.07) is 3.40. The van der Waals surface area contributed by atoms with E-state index in [4.69, 9.17) is 0 Å². The van der Waals surface area contributed by atoms with Crippen LogP contribution in [0.4, 0.5) is 5.82 Å². The molecule has 1 N–H and O–H groups in total. The van der Waals surface area contributed by atoms with E-state index < -0.39 is 0 Å². The lowest BCUT2D eigenvalue weighted by Crippen LogP contribution is -2.27. The Hall–Kier alpha value is -1.58. The summed E-state index contributed by atoms with van der Waals surface area (Å²) in [5.41, 5.74) is 1.00. The van der Waals surface area contributed by atoms with E-state index >= 15 is 0 Å². The van der Waals surface area contributed by atoms with Crippen molar-refractivity contribution in [3.63, 3.8) is 0 Å². The molecule has 4 nitrogen and oxygen atoms in total. The van der Waals surface area contributed by atoms with Gasteiger partial charge in [0.05, 0.1) is 7.11 Å². The van der Waals surface area contributed by atoms with Gasteiger partial charge in [0.1, 0.15) is 11.9 Å². The lowest BCUT2D eigenvalue weighted by atomic mass is 10.2. The number of esters is 1. The lowest BCUT2D eigenvalue weighted by Gasteiger charge is -2.13. The number of pyridine rings is 1. The topological polar surface area (TPSA) is 51.2 Å². The molecule has 0 saturated heterocycles. The third-order valence-electron chi connectivity index (χ3n) is 1.92. The minimum atomic E-state index is -0.381. The van der Waals surface area contributed by atoms with Crippen molar-refractivity contribution < 1.29 is 9.53 Å². The highest BCUT2D eigenvalue weighted by Crippen LogP contribution is 2.10. The van der Waals surface area contributed by atoms with E-state index in [9.17, 15) is 4.79 Å². The molecule has 0 radical (unpaired) electrons. The number of aromatic nitrogens is 1. The summed E-state index contributed by atoms with van der Waals surface area (Å²) in [6.45, 7) is 3.67. The Kier molecular flexibility index (Phi) is 3.45. The molecule has 0 amide bonds. The Labute approximate surface area is 83.3 Å². The Balaban J connectivity index is 2.69. The zero-order valence-corrected chi connectivity index (χ0v) is 8.57. The van der Waals surface area contributed by atoms with E-state index in [0.29, 0.717) is 5.82 Å². The highest BCUT2D eigenvalue weighted by Gasteiger charge is 2.13. The summed E-state index contributed by atoms with van der Waals surface area (Å²) in [5.74, 6) is 0.417. The largest absolute Gasteiger partial charge is 0.467 e. The van der Waals surface area contributed by atoms with E-state index in [1.54, 1.807) is 13.1 Å². The first-order chi connectivity index (χ1) is 6.65. The van der Waals surface area contributed by atoms with Crippen LogP contribution in [-0.2, 0) is 9.53 Å². The third kappa shape index (κ3) is 2.45. The number of hydrogen-bond acceptors (Lipinski definition) is 4. The lowest BCUT2D eigenvalue weighted by molar-refractivity contribution is -0.141. The number of ether oxygens (including phenoxy) is 1. The van der Waals surface area contributed by atoms with Crippen LogP contribution < -0.4 is 5.32 Å². The Morgan fingerprint density at radius 2 is 2.36 bits per heavy atom. The van der Waals surface area contributed by atoms with Gasteiger partial charge in [-0.3, -0.25) is 0 Å². The van der Waals surface area contributed by atoms with Crippen molar-refractivity contribution in [3.8, 4) is 0 Å². The number of carbonyl (C=O) groups is 1. The summed E-state index contributed by atoms with van der Waals surface area (Å²) in [6.07, 6.45) is 1.68. The molecule has 1 aromatic heterocycles. The first-order valence-electron chi connectivity index (χ1n) is 4.41. The van der Waals surface area contributed by atoms with Crippen molar-refractivity contribution in [2.45, 2.75) is 19.9 Å². The Bertz CT molecular complexity index is 326. The first kappa shape index (κ1) is 10.5. The van der Waals surface area contributed by atoms with Gasteiger partial charge >= 0.3 is 5.97 Å². The van der Waals surface area contributed by atoms with E-state index in [-0.39, 0.29) is 12.0 Å². The number of nitrogens with zero attached hydrogens (tertiary/aromatic N) is 1. The Morgan fingerprint density at radius 3 is 2.93 bits per heavy atom. The predicted molar refractivity (Wildman–Crippen MR) is 54.1 cm³/mol. The second-order valence-corrected chi connectivity index (χ2v) is 3.06. The van der Waals surface area contributed by atoms with Crippen molar-refractivity contribution >= 4 is 11.8 Å². The molecular weight excluding hydrogens is 180 g/mol. The minimum Gasteiger partial charge on any atom is -0.467 e. The molecule has 76 valence electrons. The second kappa shape index (κ2) is 4.60. The molecule has 1 aromatic rings. The quantitative estimate of drug-likeness (QED) is 0.738. The SMILES string of the molecule is COC(=O)C(C)Nc1ncccc1C. The second-order valence-electron chi connectivity index (χ2n) is 3.06. The van der Waals surface area contributed by atoms with Gasteiger partial charge < -0.3 is 10.1 Å². The fraction of sp³-hybridized carbons (Fsp3) is 0.400. The molecular formula is C10H14N2O2. The summed E-state index contributed by atoms with van der Waals surface area (Å²) in [7, 11) is 1.37. The monoisotopic (exact) mass is 194 g/mol. The van der Waals surface area contributed by atoms with Crippen LogP contribution >= 0.6 is 0 Å². The predicted octanol–water partition coefficient (Wildman–Crippen LogP) is 1.36. The highest BCUT2D eigenvalue weighted by molar-refractivity contribution is 5.78. The third-order valence-corrected chi connectivity index (χ3v) is 1.92. The number of hydrogen-bond donors (Lipinski definition) is 1. The molecule has 0 aliphatic heterocycles. The van der Waals surface area contributed by atoms with Gasteiger partial charge in [-0.25, -0.2) is 9.78 Å². The van der Waals surface area contributed by atoms with Crippen LogP contribution in [0.5, 0.6) is 0 Å². The fourth-order valence-corrected chi connectivity index (χ4v) is 1.08. The molecule has 1 atom stereocenters. The molecule has 4 heteroatoms. The highest BCUT2D eigenvalue weighted by atomic mass is 16.5. The molecule has 0 saturated carbocycles. The van der Waals surface area contributed by atoms with Crippen molar-refractivity contribution in [3.05, 3.63) is 23.9 Å². The summed E-state index contributed by atoms with van der Waals surface area (Å²) < 4.78 is 4.59. The number of methoxy groups -OCH3 is 1.